The van der Waals surface area contributed by atoms with Gasteiger partial charge in [0.05, 0.1) is 18.4 Å². The first-order valence-corrected chi connectivity index (χ1v) is 15.5. The average molecular weight is 645 g/mol. The normalized spacial score (nSPS) is 21.2. The second kappa shape index (κ2) is 11.8. The Balaban J connectivity index is 1.30. The first-order chi connectivity index (χ1) is 21.7. The van der Waals surface area contributed by atoms with Crippen LogP contribution in [0.4, 0.5) is 22.4 Å². The number of hydrogen-bond donors (Lipinski definition) is 0. The molecule has 2 saturated heterocycles. The Labute approximate surface area is 263 Å². The number of amides is 3. The number of nitrogens with zero attached hydrogens (tertiary/aromatic N) is 6. The van der Waals surface area contributed by atoms with E-state index in [2.05, 4.69) is 10.1 Å². The highest BCUT2D eigenvalue weighted by Crippen LogP contribution is 2.37. The summed E-state index contributed by atoms with van der Waals surface area (Å²) in [4.78, 5) is 49.5. The van der Waals surface area contributed by atoms with Gasteiger partial charge in [-0.2, -0.15) is 18.3 Å². The quantitative estimate of drug-likeness (QED) is 0.335. The minimum Gasteiger partial charge on any atom is -0.444 e. The van der Waals surface area contributed by atoms with Crippen LogP contribution in [0.2, 0.25) is 0 Å². The van der Waals surface area contributed by atoms with Gasteiger partial charge in [0.25, 0.3) is 5.91 Å². The van der Waals surface area contributed by atoms with Crippen LogP contribution in [-0.4, -0.2) is 84.6 Å². The zero-order chi connectivity index (χ0) is 33.0. The van der Waals surface area contributed by atoms with Gasteiger partial charge < -0.3 is 14.5 Å². The number of hydrogen-bond acceptors (Lipinski definition) is 6. The topological polar surface area (TPSA) is 100 Å². The Bertz CT molecular complexity index is 1640. The van der Waals surface area contributed by atoms with Crippen molar-refractivity contribution in [2.75, 3.05) is 19.6 Å². The molecule has 246 valence electrons. The third-order valence-corrected chi connectivity index (χ3v) is 8.84. The van der Waals surface area contributed by atoms with Gasteiger partial charge in [0.1, 0.15) is 34.9 Å². The van der Waals surface area contributed by atoms with Gasteiger partial charge in [-0.15, -0.1) is 0 Å². The van der Waals surface area contributed by atoms with Crippen LogP contribution in [0.1, 0.15) is 75.3 Å². The van der Waals surface area contributed by atoms with Crippen molar-refractivity contribution in [3.05, 3.63) is 53.6 Å². The molecule has 0 spiro atoms. The monoisotopic (exact) mass is 644 g/mol. The predicted octanol–water partition coefficient (Wildman–Crippen LogP) is 5.75. The molecular weight excluding hydrogens is 608 g/mol. The molecule has 4 heterocycles. The van der Waals surface area contributed by atoms with Gasteiger partial charge in [0.2, 0.25) is 5.91 Å². The first-order valence-electron chi connectivity index (χ1n) is 15.5. The molecule has 2 aliphatic heterocycles. The van der Waals surface area contributed by atoms with Crippen molar-refractivity contribution in [2.45, 2.75) is 83.3 Å². The van der Waals surface area contributed by atoms with Crippen LogP contribution in [0.15, 0.2) is 36.5 Å². The van der Waals surface area contributed by atoms with Crippen LogP contribution in [0.25, 0.3) is 16.9 Å². The van der Waals surface area contributed by atoms with Crippen LogP contribution in [-0.2, 0) is 15.7 Å². The highest BCUT2D eigenvalue weighted by molar-refractivity contribution is 5.94. The summed E-state index contributed by atoms with van der Waals surface area (Å²) in [5.74, 6) is -1.10. The summed E-state index contributed by atoms with van der Waals surface area (Å²) >= 11 is 0. The number of carbonyl (C=O) groups excluding carboxylic acids is 3. The fourth-order valence-corrected chi connectivity index (χ4v) is 6.69. The summed E-state index contributed by atoms with van der Waals surface area (Å²) in [6.45, 7) is 5.40. The lowest BCUT2D eigenvalue weighted by Gasteiger charge is -2.40. The standard InChI is InChI=1S/C32H36F4N6O4/c1-31(2,3)46-30(45)42-25(15-19-7-5-4-6-8-19)29(44)40-14-13-39(18-26(40)42)28(43)24-17-41-27(37-24)22(32(34,35)36)16-23(38-41)20-9-11-21(33)12-10-20/h9-12,16-17,19,25-26H,4-8,13-15,18H2,1-3H3/t25-,26+/m1/s1. The molecule has 3 aromatic rings. The second-order valence-electron chi connectivity index (χ2n) is 13.2. The van der Waals surface area contributed by atoms with Crippen LogP contribution in [0.3, 0.4) is 0 Å². The van der Waals surface area contributed by atoms with Crippen molar-refractivity contribution in [1.82, 2.24) is 29.3 Å². The molecule has 1 saturated carbocycles. The molecule has 2 atom stereocenters. The number of carbonyl (C=O) groups is 3. The Hall–Kier alpha value is -4.23. The summed E-state index contributed by atoms with van der Waals surface area (Å²) in [6.07, 6.45) is 0.624. The van der Waals surface area contributed by atoms with Crippen molar-refractivity contribution in [3.63, 3.8) is 0 Å². The Morgan fingerprint density at radius 2 is 1.72 bits per heavy atom. The van der Waals surface area contributed by atoms with E-state index < -0.39 is 53.0 Å². The maximum atomic E-state index is 14.1. The highest BCUT2D eigenvalue weighted by Gasteiger charge is 2.52. The SMILES string of the molecule is CC(C)(C)OC(=O)N1[C@H](CC2CCCCC2)C(=O)N2CCN(C(=O)c3cn4nc(-c5ccc(F)cc5)cc(C(F)(F)F)c4n3)C[C@@H]21. The molecule has 3 aliphatic rings. The number of fused-ring (bicyclic) bond motifs is 2. The van der Waals surface area contributed by atoms with Crippen LogP contribution >= 0.6 is 0 Å². The Morgan fingerprint density at radius 3 is 2.37 bits per heavy atom. The number of piperazine rings is 1. The summed E-state index contributed by atoms with van der Waals surface area (Å²) in [7, 11) is 0. The average Bonchev–Trinajstić information content (AvgIpc) is 3.54. The predicted molar refractivity (Wildman–Crippen MR) is 158 cm³/mol. The molecule has 1 aromatic carbocycles. The molecule has 46 heavy (non-hydrogen) atoms. The fraction of sp³-hybridized carbons (Fsp3) is 0.531. The molecule has 10 nitrogen and oxygen atoms in total. The second-order valence-corrected chi connectivity index (χ2v) is 13.2. The maximum Gasteiger partial charge on any atom is 0.420 e. The molecule has 6 rings (SSSR count). The third-order valence-electron chi connectivity index (χ3n) is 8.84. The van der Waals surface area contributed by atoms with E-state index in [1.807, 2.05) is 0 Å². The van der Waals surface area contributed by atoms with Crippen molar-refractivity contribution in [1.29, 1.82) is 0 Å². The summed E-state index contributed by atoms with van der Waals surface area (Å²) < 4.78 is 62.5. The molecule has 3 amide bonds. The van der Waals surface area contributed by atoms with E-state index in [0.717, 1.165) is 61.0 Å². The molecule has 0 radical (unpaired) electrons. The van der Waals surface area contributed by atoms with Crippen molar-refractivity contribution in [3.8, 4) is 11.3 Å². The summed E-state index contributed by atoms with van der Waals surface area (Å²) in [5.41, 5.74) is -2.57. The molecule has 0 bridgehead atoms. The zero-order valence-electron chi connectivity index (χ0n) is 25.9. The van der Waals surface area contributed by atoms with E-state index >= 15 is 0 Å². The van der Waals surface area contributed by atoms with Crippen LogP contribution in [0.5, 0.6) is 0 Å². The van der Waals surface area contributed by atoms with Crippen LogP contribution in [0, 0.1) is 11.7 Å². The number of aromatic nitrogens is 3. The van der Waals surface area contributed by atoms with Gasteiger partial charge in [-0.05, 0) is 63.4 Å². The van der Waals surface area contributed by atoms with E-state index in [4.69, 9.17) is 4.74 Å². The van der Waals surface area contributed by atoms with Gasteiger partial charge in [-0.3, -0.25) is 14.5 Å². The lowest BCUT2D eigenvalue weighted by Crippen LogP contribution is -2.58. The molecular formula is C32H36F4N6O4. The third kappa shape index (κ3) is 6.25. The lowest BCUT2D eigenvalue weighted by atomic mass is 9.84. The van der Waals surface area contributed by atoms with Gasteiger partial charge >= 0.3 is 12.3 Å². The number of ether oxygens (including phenoxy) is 1. The molecule has 0 N–H and O–H groups in total. The molecule has 14 heteroatoms. The highest BCUT2D eigenvalue weighted by atomic mass is 19.4. The van der Waals surface area contributed by atoms with Gasteiger partial charge in [-0.25, -0.2) is 18.7 Å². The number of benzene rings is 1. The number of alkyl halides is 3. The minimum absolute atomic E-state index is 0.0563. The number of rotatable bonds is 4. The van der Waals surface area contributed by atoms with E-state index in [1.54, 1.807) is 25.7 Å². The zero-order valence-corrected chi connectivity index (χ0v) is 25.9. The van der Waals surface area contributed by atoms with Crippen molar-refractivity contribution < 1.29 is 36.7 Å². The Morgan fingerprint density at radius 1 is 1.02 bits per heavy atom. The smallest absolute Gasteiger partial charge is 0.420 e. The van der Waals surface area contributed by atoms with E-state index in [0.29, 0.717) is 12.3 Å². The minimum atomic E-state index is -4.82. The van der Waals surface area contributed by atoms with Crippen molar-refractivity contribution in [2.24, 2.45) is 5.92 Å². The molecule has 3 fully saturated rings. The maximum absolute atomic E-state index is 14.1. The molecule has 1 aliphatic carbocycles. The fourth-order valence-electron chi connectivity index (χ4n) is 6.69. The van der Waals surface area contributed by atoms with E-state index in [-0.39, 0.29) is 42.5 Å². The van der Waals surface area contributed by atoms with E-state index in [1.165, 1.54) is 21.9 Å². The molecule has 0 unspecified atom stereocenters. The van der Waals surface area contributed by atoms with Crippen molar-refractivity contribution >= 4 is 23.6 Å². The number of imidazole rings is 1. The largest absolute Gasteiger partial charge is 0.444 e. The van der Waals surface area contributed by atoms with Gasteiger partial charge in [0.15, 0.2) is 5.65 Å². The number of halogens is 4. The summed E-state index contributed by atoms with van der Waals surface area (Å²) in [5, 5.41) is 4.23. The van der Waals surface area contributed by atoms with Gasteiger partial charge in [-0.1, -0.05) is 32.1 Å². The summed E-state index contributed by atoms with van der Waals surface area (Å²) in [6, 6.07) is 4.95. The lowest BCUT2D eigenvalue weighted by molar-refractivity contribution is -0.136. The van der Waals surface area contributed by atoms with Gasteiger partial charge in [0, 0.05) is 18.7 Å². The molecule has 2 aromatic heterocycles. The first kappa shape index (κ1) is 31.7. The Kier molecular flexibility index (Phi) is 8.18. The van der Waals surface area contributed by atoms with E-state index in [9.17, 15) is 31.9 Å². The van der Waals surface area contributed by atoms with Crippen LogP contribution < -0.4 is 0 Å².